The van der Waals surface area contributed by atoms with E-state index in [1.165, 1.54) is 18.3 Å². The summed E-state index contributed by atoms with van der Waals surface area (Å²) >= 11 is 0. The third kappa shape index (κ3) is 3.48. The SMILES string of the molecule is C[C@@H](Oc1ccc(N2CCC3(CCC(=O)CC3)C2=O)cn1)C(F)(F)F. The van der Waals surface area contributed by atoms with E-state index in [4.69, 9.17) is 4.74 Å². The predicted molar refractivity (Wildman–Crippen MR) is 83.3 cm³/mol. The number of Topliss-reactive ketones (excluding diaryl/α,β-unsaturated/α-hetero) is 1. The van der Waals surface area contributed by atoms with Crippen molar-refractivity contribution >= 4 is 17.4 Å². The number of rotatable bonds is 3. The van der Waals surface area contributed by atoms with E-state index in [-0.39, 0.29) is 17.6 Å². The van der Waals surface area contributed by atoms with Crippen molar-refractivity contribution in [1.29, 1.82) is 0 Å². The van der Waals surface area contributed by atoms with Crippen LogP contribution in [0.5, 0.6) is 5.88 Å². The monoisotopic (exact) mass is 356 g/mol. The van der Waals surface area contributed by atoms with E-state index in [0.29, 0.717) is 44.3 Å². The summed E-state index contributed by atoms with van der Waals surface area (Å²) in [6.45, 7) is 1.43. The summed E-state index contributed by atoms with van der Waals surface area (Å²) < 4.78 is 42.3. The van der Waals surface area contributed by atoms with E-state index in [1.807, 2.05) is 0 Å². The number of aromatic nitrogens is 1. The van der Waals surface area contributed by atoms with Gasteiger partial charge in [-0.25, -0.2) is 4.98 Å². The molecule has 0 unspecified atom stereocenters. The number of hydrogen-bond donors (Lipinski definition) is 0. The molecule has 0 radical (unpaired) electrons. The third-order valence-corrected chi connectivity index (χ3v) is 5.07. The maximum absolute atomic E-state index is 12.8. The summed E-state index contributed by atoms with van der Waals surface area (Å²) in [5.74, 6) is 0.0242. The Morgan fingerprint density at radius 1 is 1.20 bits per heavy atom. The minimum absolute atomic E-state index is 0.0286. The highest BCUT2D eigenvalue weighted by atomic mass is 19.4. The number of alkyl halides is 3. The lowest BCUT2D eigenvalue weighted by molar-refractivity contribution is -0.189. The molecule has 1 aliphatic heterocycles. The van der Waals surface area contributed by atoms with E-state index in [2.05, 4.69) is 4.98 Å². The van der Waals surface area contributed by atoms with Crippen molar-refractivity contribution in [3.05, 3.63) is 18.3 Å². The van der Waals surface area contributed by atoms with Gasteiger partial charge in [-0.05, 0) is 32.3 Å². The van der Waals surface area contributed by atoms with Crippen LogP contribution >= 0.6 is 0 Å². The summed E-state index contributed by atoms with van der Waals surface area (Å²) in [5, 5.41) is 0. The average molecular weight is 356 g/mol. The van der Waals surface area contributed by atoms with Crippen LogP contribution in [0.15, 0.2) is 18.3 Å². The van der Waals surface area contributed by atoms with Crippen molar-refractivity contribution in [3.8, 4) is 5.88 Å². The molecule has 1 amide bonds. The molecule has 136 valence electrons. The molecule has 1 aliphatic carbocycles. The van der Waals surface area contributed by atoms with Crippen LogP contribution < -0.4 is 9.64 Å². The van der Waals surface area contributed by atoms with Crippen molar-refractivity contribution in [2.75, 3.05) is 11.4 Å². The Morgan fingerprint density at radius 2 is 1.88 bits per heavy atom. The first-order chi connectivity index (χ1) is 11.7. The number of hydrogen-bond acceptors (Lipinski definition) is 4. The number of pyridine rings is 1. The van der Waals surface area contributed by atoms with Gasteiger partial charge in [-0.3, -0.25) is 9.59 Å². The predicted octanol–water partition coefficient (Wildman–Crippen LogP) is 3.28. The zero-order valence-corrected chi connectivity index (χ0v) is 13.8. The Bertz CT molecular complexity index is 663. The van der Waals surface area contributed by atoms with Crippen molar-refractivity contribution in [1.82, 2.24) is 4.98 Å². The highest BCUT2D eigenvalue weighted by molar-refractivity contribution is 6.00. The third-order valence-electron chi connectivity index (χ3n) is 5.07. The smallest absolute Gasteiger partial charge is 0.425 e. The zero-order valence-electron chi connectivity index (χ0n) is 13.8. The Morgan fingerprint density at radius 3 is 2.44 bits per heavy atom. The minimum Gasteiger partial charge on any atom is -0.465 e. The maximum Gasteiger partial charge on any atom is 0.425 e. The number of amides is 1. The fraction of sp³-hybridized carbons (Fsp3) is 0.588. The van der Waals surface area contributed by atoms with E-state index < -0.39 is 17.7 Å². The minimum atomic E-state index is -4.46. The Kier molecular flexibility index (Phi) is 4.47. The molecule has 1 aromatic rings. The molecular weight excluding hydrogens is 337 g/mol. The molecule has 5 nitrogen and oxygen atoms in total. The van der Waals surface area contributed by atoms with Crippen molar-refractivity contribution in [3.63, 3.8) is 0 Å². The van der Waals surface area contributed by atoms with E-state index in [9.17, 15) is 22.8 Å². The van der Waals surface area contributed by atoms with Crippen LogP contribution in [0, 0.1) is 5.41 Å². The molecule has 3 rings (SSSR count). The molecule has 1 atom stereocenters. The van der Waals surface area contributed by atoms with Gasteiger partial charge in [0.2, 0.25) is 11.8 Å². The molecule has 2 aliphatic rings. The molecule has 0 aromatic carbocycles. The number of halogens is 3. The molecule has 1 spiro atoms. The highest BCUT2D eigenvalue weighted by Crippen LogP contribution is 2.45. The molecule has 8 heteroatoms. The Balaban J connectivity index is 1.69. The average Bonchev–Trinajstić information content (AvgIpc) is 2.87. The van der Waals surface area contributed by atoms with Gasteiger partial charge in [0.25, 0.3) is 0 Å². The molecule has 0 N–H and O–H groups in total. The first-order valence-electron chi connectivity index (χ1n) is 8.24. The Labute approximate surface area is 143 Å². The number of carbonyl (C=O) groups excluding carboxylic acids is 2. The van der Waals surface area contributed by atoms with Gasteiger partial charge in [0.05, 0.1) is 17.3 Å². The van der Waals surface area contributed by atoms with Gasteiger partial charge >= 0.3 is 6.18 Å². The second kappa shape index (κ2) is 6.31. The normalized spacial score (nSPS) is 21.7. The van der Waals surface area contributed by atoms with E-state index in [0.717, 1.165) is 6.92 Å². The second-order valence-corrected chi connectivity index (χ2v) is 6.68. The number of nitrogens with zero attached hydrogens (tertiary/aromatic N) is 2. The fourth-order valence-electron chi connectivity index (χ4n) is 3.39. The fourth-order valence-corrected chi connectivity index (χ4v) is 3.39. The Hall–Kier alpha value is -2.12. The summed E-state index contributed by atoms with van der Waals surface area (Å²) in [4.78, 5) is 29.7. The van der Waals surface area contributed by atoms with Crippen LogP contribution in [0.4, 0.5) is 18.9 Å². The summed E-state index contributed by atoms with van der Waals surface area (Å²) in [6, 6.07) is 2.87. The van der Waals surface area contributed by atoms with E-state index in [1.54, 1.807) is 4.90 Å². The van der Waals surface area contributed by atoms with Crippen LogP contribution in [0.1, 0.15) is 39.0 Å². The lowest BCUT2D eigenvalue weighted by Gasteiger charge is -2.30. The van der Waals surface area contributed by atoms with E-state index >= 15 is 0 Å². The van der Waals surface area contributed by atoms with Crippen molar-refractivity contribution in [2.24, 2.45) is 5.41 Å². The molecule has 25 heavy (non-hydrogen) atoms. The largest absolute Gasteiger partial charge is 0.465 e. The topological polar surface area (TPSA) is 59.5 Å². The van der Waals surface area contributed by atoms with Gasteiger partial charge in [-0.15, -0.1) is 0 Å². The van der Waals surface area contributed by atoms with Crippen molar-refractivity contribution in [2.45, 2.75) is 51.3 Å². The van der Waals surface area contributed by atoms with Gasteiger partial charge in [0.15, 0.2) is 6.10 Å². The van der Waals surface area contributed by atoms with Crippen LogP contribution in [0.25, 0.3) is 0 Å². The zero-order chi connectivity index (χ0) is 18.2. The summed E-state index contributed by atoms with van der Waals surface area (Å²) in [7, 11) is 0. The molecule has 0 bridgehead atoms. The summed E-state index contributed by atoms with van der Waals surface area (Å²) in [5.41, 5.74) is 0.0548. The molecule has 2 fully saturated rings. The maximum atomic E-state index is 12.8. The molecular formula is C17H19F3N2O3. The van der Waals surface area contributed by atoms with Gasteiger partial charge in [0.1, 0.15) is 5.78 Å². The van der Waals surface area contributed by atoms with Gasteiger partial charge in [-0.1, -0.05) is 0 Å². The lowest BCUT2D eigenvalue weighted by Crippen LogP contribution is -2.37. The van der Waals surface area contributed by atoms with Gasteiger partial charge in [-0.2, -0.15) is 13.2 Å². The summed E-state index contributed by atoms with van der Waals surface area (Å²) in [6.07, 6.45) is -2.39. The van der Waals surface area contributed by atoms with Crippen LogP contribution in [0.2, 0.25) is 0 Å². The number of ether oxygens (including phenoxy) is 1. The number of ketones is 1. The molecule has 1 saturated heterocycles. The second-order valence-electron chi connectivity index (χ2n) is 6.68. The first kappa shape index (κ1) is 17.7. The number of carbonyl (C=O) groups is 2. The van der Waals surface area contributed by atoms with Gasteiger partial charge < -0.3 is 9.64 Å². The first-order valence-corrected chi connectivity index (χ1v) is 8.24. The van der Waals surface area contributed by atoms with Crippen molar-refractivity contribution < 1.29 is 27.5 Å². The molecule has 1 saturated carbocycles. The molecule has 1 aromatic heterocycles. The molecule has 2 heterocycles. The number of anilines is 1. The highest BCUT2D eigenvalue weighted by Gasteiger charge is 2.48. The van der Waals surface area contributed by atoms with Crippen LogP contribution in [-0.2, 0) is 9.59 Å². The van der Waals surface area contributed by atoms with Crippen LogP contribution in [0.3, 0.4) is 0 Å². The lowest BCUT2D eigenvalue weighted by atomic mass is 9.72. The standard InChI is InChI=1S/C17H19F3N2O3/c1-11(17(18,19)20)25-14-3-2-12(10-21-14)22-9-8-16(15(22)24)6-4-13(23)5-7-16/h2-3,10-11H,4-9H2,1H3/t11-/m1/s1. The van der Waals surface area contributed by atoms with Crippen LogP contribution in [-0.4, -0.2) is 35.5 Å². The quantitative estimate of drug-likeness (QED) is 0.834. The van der Waals surface area contributed by atoms with Gasteiger partial charge in [0, 0.05) is 25.5 Å².